The SMILES string of the molecule is CN(CCc1ccncc1)C(=O)CC(=O)N(C)CCc1ccncc1. The minimum atomic E-state index is -0.158. The van der Waals surface area contributed by atoms with Crippen LogP contribution in [0.1, 0.15) is 17.5 Å². The number of likely N-dealkylation sites (N-methyl/N-ethyl adjacent to an activating group) is 2. The molecule has 2 aromatic rings. The maximum Gasteiger partial charge on any atom is 0.231 e. The van der Waals surface area contributed by atoms with Gasteiger partial charge in [0.15, 0.2) is 0 Å². The van der Waals surface area contributed by atoms with Gasteiger partial charge in [0.2, 0.25) is 11.8 Å². The predicted molar refractivity (Wildman–Crippen MR) is 95.8 cm³/mol. The van der Waals surface area contributed by atoms with Gasteiger partial charge in [0.25, 0.3) is 0 Å². The number of carbonyl (C=O) groups is 2. The van der Waals surface area contributed by atoms with Crippen LogP contribution in [0.25, 0.3) is 0 Å². The summed E-state index contributed by atoms with van der Waals surface area (Å²) in [5.41, 5.74) is 2.24. The van der Waals surface area contributed by atoms with E-state index in [1.165, 1.54) is 0 Å². The summed E-state index contributed by atoms with van der Waals surface area (Å²) in [6.45, 7) is 1.16. The molecule has 6 heteroatoms. The van der Waals surface area contributed by atoms with Crippen molar-refractivity contribution in [3.8, 4) is 0 Å². The van der Waals surface area contributed by atoms with Crippen LogP contribution in [0.15, 0.2) is 49.1 Å². The molecule has 0 aliphatic carbocycles. The lowest BCUT2D eigenvalue weighted by atomic mass is 10.2. The van der Waals surface area contributed by atoms with Crippen LogP contribution in [0.5, 0.6) is 0 Å². The molecule has 25 heavy (non-hydrogen) atoms. The van der Waals surface area contributed by atoms with Gasteiger partial charge in [0, 0.05) is 52.0 Å². The van der Waals surface area contributed by atoms with E-state index >= 15 is 0 Å². The van der Waals surface area contributed by atoms with Crippen LogP contribution in [-0.2, 0) is 22.4 Å². The Morgan fingerprint density at radius 1 is 0.760 bits per heavy atom. The van der Waals surface area contributed by atoms with Gasteiger partial charge >= 0.3 is 0 Å². The number of hydrogen-bond donors (Lipinski definition) is 0. The minimum absolute atomic E-state index is 0.0975. The molecule has 6 nitrogen and oxygen atoms in total. The Hall–Kier alpha value is -2.76. The van der Waals surface area contributed by atoms with E-state index in [-0.39, 0.29) is 18.2 Å². The van der Waals surface area contributed by atoms with Gasteiger partial charge in [-0.15, -0.1) is 0 Å². The molecule has 0 aliphatic rings. The van der Waals surface area contributed by atoms with Crippen molar-refractivity contribution < 1.29 is 9.59 Å². The maximum absolute atomic E-state index is 12.2. The molecule has 0 N–H and O–H groups in total. The normalized spacial score (nSPS) is 10.3. The van der Waals surface area contributed by atoms with E-state index in [1.807, 2.05) is 24.3 Å². The molecule has 132 valence electrons. The Morgan fingerprint density at radius 3 is 1.48 bits per heavy atom. The molecule has 0 aliphatic heterocycles. The summed E-state index contributed by atoms with van der Waals surface area (Å²) in [6.07, 6.45) is 8.33. The average molecular weight is 340 g/mol. The van der Waals surface area contributed by atoms with Gasteiger partial charge in [-0.3, -0.25) is 19.6 Å². The second-order valence-electron chi connectivity index (χ2n) is 6.02. The minimum Gasteiger partial charge on any atom is -0.345 e. The Morgan fingerprint density at radius 2 is 1.12 bits per heavy atom. The number of amides is 2. The van der Waals surface area contributed by atoms with Gasteiger partial charge in [-0.05, 0) is 48.2 Å². The van der Waals surface area contributed by atoms with Crippen LogP contribution in [0, 0.1) is 0 Å². The largest absolute Gasteiger partial charge is 0.345 e. The summed E-state index contributed by atoms with van der Waals surface area (Å²) in [6, 6.07) is 7.71. The Bertz CT molecular complexity index is 617. The topological polar surface area (TPSA) is 66.4 Å². The fourth-order valence-electron chi connectivity index (χ4n) is 2.34. The zero-order chi connectivity index (χ0) is 18.1. The van der Waals surface area contributed by atoms with E-state index in [0.29, 0.717) is 13.1 Å². The molecular formula is C19H24N4O2. The molecular weight excluding hydrogens is 316 g/mol. The molecule has 0 atom stereocenters. The van der Waals surface area contributed by atoms with Gasteiger partial charge in [-0.1, -0.05) is 0 Å². The van der Waals surface area contributed by atoms with Crippen molar-refractivity contribution in [2.24, 2.45) is 0 Å². The highest BCUT2D eigenvalue weighted by atomic mass is 16.2. The fraction of sp³-hybridized carbons (Fsp3) is 0.368. The summed E-state index contributed by atoms with van der Waals surface area (Å²) in [5.74, 6) is -0.315. The van der Waals surface area contributed by atoms with Gasteiger partial charge in [-0.25, -0.2) is 0 Å². The van der Waals surface area contributed by atoms with Crippen molar-refractivity contribution in [2.75, 3.05) is 27.2 Å². The highest BCUT2D eigenvalue weighted by Gasteiger charge is 2.17. The molecule has 0 spiro atoms. The zero-order valence-corrected chi connectivity index (χ0v) is 14.8. The van der Waals surface area contributed by atoms with E-state index in [4.69, 9.17) is 0 Å². The Labute approximate surface area is 148 Å². The Kier molecular flexibility index (Phi) is 7.07. The standard InChI is InChI=1S/C19H24N4O2/c1-22(13-7-16-3-9-20-10-4-16)18(24)15-19(25)23(2)14-8-17-5-11-21-12-6-17/h3-6,9-12H,7-8,13-15H2,1-2H3. The number of nitrogens with zero attached hydrogens (tertiary/aromatic N) is 4. The molecule has 2 aromatic heterocycles. The molecule has 2 amide bonds. The van der Waals surface area contributed by atoms with Crippen molar-refractivity contribution in [3.63, 3.8) is 0 Å². The van der Waals surface area contributed by atoms with Crippen LogP contribution < -0.4 is 0 Å². The molecule has 0 fully saturated rings. The van der Waals surface area contributed by atoms with E-state index < -0.39 is 0 Å². The highest BCUT2D eigenvalue weighted by Crippen LogP contribution is 2.03. The second kappa shape index (κ2) is 9.52. The van der Waals surface area contributed by atoms with Gasteiger partial charge in [-0.2, -0.15) is 0 Å². The molecule has 0 saturated heterocycles. The van der Waals surface area contributed by atoms with Crippen LogP contribution >= 0.6 is 0 Å². The number of rotatable bonds is 8. The smallest absolute Gasteiger partial charge is 0.231 e. The summed E-state index contributed by atoms with van der Waals surface area (Å²) < 4.78 is 0. The van der Waals surface area contributed by atoms with Crippen molar-refractivity contribution in [1.82, 2.24) is 19.8 Å². The zero-order valence-electron chi connectivity index (χ0n) is 14.8. The first-order valence-corrected chi connectivity index (χ1v) is 8.32. The van der Waals surface area contributed by atoms with Crippen molar-refractivity contribution in [3.05, 3.63) is 60.2 Å². The molecule has 0 radical (unpaired) electrons. The van der Waals surface area contributed by atoms with Crippen molar-refractivity contribution in [1.29, 1.82) is 0 Å². The van der Waals surface area contributed by atoms with Crippen LogP contribution in [-0.4, -0.2) is 58.8 Å². The van der Waals surface area contributed by atoms with Crippen LogP contribution in [0.4, 0.5) is 0 Å². The maximum atomic E-state index is 12.2. The first-order valence-electron chi connectivity index (χ1n) is 8.32. The molecule has 0 unspecified atom stereocenters. The van der Waals surface area contributed by atoms with E-state index in [0.717, 1.165) is 24.0 Å². The summed E-state index contributed by atoms with van der Waals surface area (Å²) >= 11 is 0. The summed E-state index contributed by atoms with van der Waals surface area (Å²) in [7, 11) is 3.46. The number of aromatic nitrogens is 2. The summed E-state index contributed by atoms with van der Waals surface area (Å²) in [5, 5.41) is 0. The third-order valence-corrected chi connectivity index (χ3v) is 4.12. The Balaban J connectivity index is 1.73. The van der Waals surface area contributed by atoms with E-state index in [9.17, 15) is 9.59 Å². The lowest BCUT2D eigenvalue weighted by Crippen LogP contribution is -2.36. The lowest BCUT2D eigenvalue weighted by Gasteiger charge is -2.20. The van der Waals surface area contributed by atoms with Gasteiger partial charge in [0.05, 0.1) is 0 Å². The first-order chi connectivity index (χ1) is 12.1. The van der Waals surface area contributed by atoms with Crippen molar-refractivity contribution >= 4 is 11.8 Å². The predicted octanol–water partition coefficient (Wildman–Crippen LogP) is 1.57. The first kappa shape index (κ1) is 18.6. The summed E-state index contributed by atoms with van der Waals surface area (Å²) in [4.78, 5) is 35.6. The molecule has 0 aromatic carbocycles. The van der Waals surface area contributed by atoms with E-state index in [2.05, 4.69) is 9.97 Å². The van der Waals surface area contributed by atoms with Gasteiger partial charge < -0.3 is 9.80 Å². The number of hydrogen-bond acceptors (Lipinski definition) is 4. The lowest BCUT2D eigenvalue weighted by molar-refractivity contribution is -0.139. The molecule has 0 bridgehead atoms. The quantitative estimate of drug-likeness (QED) is 0.684. The molecule has 2 rings (SSSR count). The van der Waals surface area contributed by atoms with Crippen LogP contribution in [0.2, 0.25) is 0 Å². The van der Waals surface area contributed by atoms with E-state index in [1.54, 1.807) is 48.7 Å². The number of carbonyl (C=O) groups excluding carboxylic acids is 2. The molecule has 2 heterocycles. The highest BCUT2D eigenvalue weighted by molar-refractivity contribution is 5.96. The van der Waals surface area contributed by atoms with Crippen LogP contribution in [0.3, 0.4) is 0 Å². The number of pyridine rings is 2. The fourth-order valence-corrected chi connectivity index (χ4v) is 2.34. The van der Waals surface area contributed by atoms with Gasteiger partial charge in [0.1, 0.15) is 6.42 Å². The monoisotopic (exact) mass is 340 g/mol. The second-order valence-corrected chi connectivity index (χ2v) is 6.02. The van der Waals surface area contributed by atoms with Crippen molar-refractivity contribution in [2.45, 2.75) is 19.3 Å². The molecule has 0 saturated carbocycles. The third kappa shape index (κ3) is 6.33. The third-order valence-electron chi connectivity index (χ3n) is 4.12. The average Bonchev–Trinajstić information content (AvgIpc) is 2.65.